The fraction of sp³-hybridized carbons (Fsp3) is 0.143. The lowest BCUT2D eigenvalue weighted by atomic mass is 10.3. The van der Waals surface area contributed by atoms with Gasteiger partial charge < -0.3 is 4.18 Å². The predicted octanol–water partition coefficient (Wildman–Crippen LogP) is 0.651. The molecule has 0 aliphatic rings. The van der Waals surface area contributed by atoms with E-state index in [1.807, 2.05) is 0 Å². The molecule has 1 N–H and O–H groups in total. The van der Waals surface area contributed by atoms with Gasteiger partial charge in [0.1, 0.15) is 5.75 Å². The molecule has 0 atom stereocenters. The Morgan fingerprint density at radius 2 is 1.62 bits per heavy atom. The van der Waals surface area contributed by atoms with Crippen molar-refractivity contribution in [2.75, 3.05) is 11.0 Å². The SMILES string of the molecule is CS(=O)(=O)Nc1ccc(OS(=O)(=O)F)cc1. The highest BCUT2D eigenvalue weighted by Crippen LogP contribution is 2.18. The Kier molecular flexibility index (Phi) is 3.38. The van der Waals surface area contributed by atoms with Crippen LogP contribution in [0.25, 0.3) is 0 Å². The van der Waals surface area contributed by atoms with Gasteiger partial charge in [-0.15, -0.1) is 0 Å². The van der Waals surface area contributed by atoms with Gasteiger partial charge in [0, 0.05) is 5.69 Å². The monoisotopic (exact) mass is 269 g/mol. The largest absolute Gasteiger partial charge is 0.488 e. The molecule has 0 aromatic heterocycles. The van der Waals surface area contributed by atoms with Crippen LogP contribution in [0.5, 0.6) is 5.75 Å². The number of rotatable bonds is 4. The van der Waals surface area contributed by atoms with Gasteiger partial charge in [-0.2, -0.15) is 8.42 Å². The van der Waals surface area contributed by atoms with Gasteiger partial charge in [-0.05, 0) is 24.3 Å². The van der Waals surface area contributed by atoms with Crippen molar-refractivity contribution in [3.63, 3.8) is 0 Å². The first kappa shape index (κ1) is 12.7. The molecule has 0 aliphatic heterocycles. The van der Waals surface area contributed by atoms with Crippen LogP contribution in [0.1, 0.15) is 0 Å². The van der Waals surface area contributed by atoms with Crippen molar-refractivity contribution >= 4 is 26.2 Å². The highest BCUT2D eigenvalue weighted by Gasteiger charge is 2.09. The minimum Gasteiger partial charge on any atom is -0.358 e. The zero-order chi connectivity index (χ0) is 12.4. The van der Waals surface area contributed by atoms with Crippen LogP contribution in [0.15, 0.2) is 24.3 Å². The van der Waals surface area contributed by atoms with Crippen LogP contribution in [-0.4, -0.2) is 23.1 Å². The van der Waals surface area contributed by atoms with Gasteiger partial charge in [-0.3, -0.25) is 4.72 Å². The lowest BCUT2D eigenvalue weighted by Gasteiger charge is -2.04. The molecule has 0 saturated heterocycles. The molecule has 90 valence electrons. The maximum Gasteiger partial charge on any atom is 0.488 e. The highest BCUT2D eigenvalue weighted by molar-refractivity contribution is 7.92. The zero-order valence-corrected chi connectivity index (χ0v) is 9.68. The average molecular weight is 269 g/mol. The van der Waals surface area contributed by atoms with Crippen LogP contribution in [0.4, 0.5) is 9.57 Å². The molecule has 16 heavy (non-hydrogen) atoms. The van der Waals surface area contributed by atoms with Crippen LogP contribution in [0.2, 0.25) is 0 Å². The first-order valence-electron chi connectivity index (χ1n) is 3.88. The quantitative estimate of drug-likeness (QED) is 0.811. The maximum absolute atomic E-state index is 12.1. The molecule has 0 bridgehead atoms. The number of nitrogens with one attached hydrogen (secondary N) is 1. The summed E-state index contributed by atoms with van der Waals surface area (Å²) < 4.78 is 60.0. The van der Waals surface area contributed by atoms with Crippen molar-refractivity contribution in [2.24, 2.45) is 0 Å². The second kappa shape index (κ2) is 4.26. The van der Waals surface area contributed by atoms with Crippen LogP contribution in [0.3, 0.4) is 0 Å². The normalized spacial score (nSPS) is 12.1. The van der Waals surface area contributed by atoms with Gasteiger partial charge in [0.15, 0.2) is 0 Å². The van der Waals surface area contributed by atoms with Crippen LogP contribution in [0, 0.1) is 0 Å². The fourth-order valence-corrected chi connectivity index (χ4v) is 1.81. The Morgan fingerprint density at radius 1 is 1.12 bits per heavy atom. The molecule has 0 unspecified atom stereocenters. The van der Waals surface area contributed by atoms with Crippen molar-refractivity contribution in [2.45, 2.75) is 0 Å². The number of hydrogen-bond donors (Lipinski definition) is 1. The molecular formula is C7H8FNO5S2. The molecule has 0 heterocycles. The number of hydrogen-bond acceptors (Lipinski definition) is 5. The lowest BCUT2D eigenvalue weighted by Crippen LogP contribution is -2.09. The molecule has 1 aromatic carbocycles. The van der Waals surface area contributed by atoms with E-state index in [1.54, 1.807) is 0 Å². The summed E-state index contributed by atoms with van der Waals surface area (Å²) in [7, 11) is -8.47. The Morgan fingerprint density at radius 3 is 2.00 bits per heavy atom. The van der Waals surface area contributed by atoms with Gasteiger partial charge in [0.05, 0.1) is 6.26 Å². The van der Waals surface area contributed by atoms with E-state index in [4.69, 9.17) is 0 Å². The molecule has 6 nitrogen and oxygen atoms in total. The van der Waals surface area contributed by atoms with E-state index in [1.165, 1.54) is 12.1 Å². The van der Waals surface area contributed by atoms with E-state index in [9.17, 15) is 20.7 Å². The summed E-state index contributed by atoms with van der Waals surface area (Å²) in [6.45, 7) is 0. The van der Waals surface area contributed by atoms with E-state index >= 15 is 0 Å². The standard InChI is InChI=1S/C7H8FNO5S2/c1-15(10,11)9-6-2-4-7(5-3-6)14-16(8,12)13/h2-5,9H,1H3. The lowest BCUT2D eigenvalue weighted by molar-refractivity contribution is 0.440. The van der Waals surface area contributed by atoms with Gasteiger partial charge in [-0.25, -0.2) is 8.42 Å². The smallest absolute Gasteiger partial charge is 0.358 e. The molecular weight excluding hydrogens is 261 g/mol. The van der Waals surface area contributed by atoms with E-state index in [-0.39, 0.29) is 11.4 Å². The molecule has 0 saturated carbocycles. The summed E-state index contributed by atoms with van der Waals surface area (Å²) in [5, 5.41) is 0. The second-order valence-corrected chi connectivity index (χ2v) is 5.58. The molecule has 9 heteroatoms. The highest BCUT2D eigenvalue weighted by atomic mass is 32.3. The van der Waals surface area contributed by atoms with E-state index in [0.717, 1.165) is 18.4 Å². The summed E-state index contributed by atoms with van der Waals surface area (Å²) in [6.07, 6.45) is 0.962. The number of benzene rings is 1. The summed E-state index contributed by atoms with van der Waals surface area (Å²) in [4.78, 5) is 0. The average Bonchev–Trinajstić information content (AvgIpc) is 2.03. The third-order valence-electron chi connectivity index (χ3n) is 1.35. The Hall–Kier alpha value is -1.35. The van der Waals surface area contributed by atoms with Crippen molar-refractivity contribution < 1.29 is 24.9 Å². The third kappa shape index (κ3) is 4.94. The number of sulfonamides is 1. The molecule has 1 rings (SSSR count). The molecule has 0 spiro atoms. The Labute approximate surface area is 92.5 Å². The second-order valence-electron chi connectivity index (χ2n) is 2.88. The van der Waals surface area contributed by atoms with Gasteiger partial charge >= 0.3 is 10.5 Å². The summed E-state index contributed by atoms with van der Waals surface area (Å²) >= 11 is 0. The Bertz CT molecular complexity index is 510. The van der Waals surface area contributed by atoms with Crippen molar-refractivity contribution in [1.29, 1.82) is 0 Å². The first-order chi connectivity index (χ1) is 7.16. The molecule has 0 radical (unpaired) electrons. The molecule has 0 amide bonds. The van der Waals surface area contributed by atoms with Crippen molar-refractivity contribution in [3.05, 3.63) is 24.3 Å². The van der Waals surface area contributed by atoms with E-state index in [2.05, 4.69) is 8.91 Å². The minimum atomic E-state index is -5.06. The van der Waals surface area contributed by atoms with Gasteiger partial charge in [0.2, 0.25) is 10.0 Å². The van der Waals surface area contributed by atoms with Gasteiger partial charge in [0.25, 0.3) is 0 Å². The summed E-state index contributed by atoms with van der Waals surface area (Å²) in [5.74, 6) is -0.249. The van der Waals surface area contributed by atoms with E-state index in [0.29, 0.717) is 0 Å². The molecule has 0 aliphatic carbocycles. The predicted molar refractivity (Wildman–Crippen MR) is 55.6 cm³/mol. The zero-order valence-electron chi connectivity index (χ0n) is 8.05. The van der Waals surface area contributed by atoms with Crippen molar-refractivity contribution in [1.82, 2.24) is 0 Å². The maximum atomic E-state index is 12.1. The van der Waals surface area contributed by atoms with Crippen LogP contribution < -0.4 is 8.91 Å². The van der Waals surface area contributed by atoms with Crippen molar-refractivity contribution in [3.8, 4) is 5.75 Å². The first-order valence-corrected chi connectivity index (χ1v) is 7.08. The number of halogens is 1. The molecule has 1 aromatic rings. The third-order valence-corrected chi connectivity index (χ3v) is 2.35. The summed E-state index contributed by atoms with van der Waals surface area (Å²) in [6, 6.07) is 4.71. The Balaban J connectivity index is 2.84. The molecule has 0 fully saturated rings. The van der Waals surface area contributed by atoms with E-state index < -0.39 is 20.5 Å². The topological polar surface area (TPSA) is 89.5 Å². The number of anilines is 1. The van der Waals surface area contributed by atoms with Gasteiger partial charge in [-0.1, -0.05) is 3.89 Å². The fourth-order valence-electron chi connectivity index (χ4n) is 0.908. The minimum absolute atomic E-state index is 0.214. The van der Waals surface area contributed by atoms with Crippen LogP contribution in [-0.2, 0) is 20.5 Å². The summed E-state index contributed by atoms with van der Waals surface area (Å²) in [5.41, 5.74) is 0.214. The van der Waals surface area contributed by atoms with Crippen LogP contribution >= 0.6 is 0 Å².